The van der Waals surface area contributed by atoms with Crippen molar-refractivity contribution in [3.05, 3.63) is 0 Å². The lowest BCUT2D eigenvalue weighted by molar-refractivity contribution is 0.119. The van der Waals surface area contributed by atoms with Gasteiger partial charge in [-0.25, -0.2) is 4.79 Å². The summed E-state index contributed by atoms with van der Waals surface area (Å²) in [6.45, 7) is 3.34. The Bertz CT molecular complexity index is 264. The van der Waals surface area contributed by atoms with Gasteiger partial charge in [0.25, 0.3) is 0 Å². The molecule has 1 atom stereocenters. The molecule has 4 nitrogen and oxygen atoms in total. The summed E-state index contributed by atoms with van der Waals surface area (Å²) in [7, 11) is 0. The average molecular weight is 226 g/mol. The van der Waals surface area contributed by atoms with Crippen LogP contribution in [0.5, 0.6) is 0 Å². The zero-order valence-electron chi connectivity index (χ0n) is 10.1. The molecular weight excluding hydrogens is 204 g/mol. The van der Waals surface area contributed by atoms with Crippen LogP contribution in [-0.2, 0) is 4.74 Å². The number of hydrogen-bond donors (Lipinski definition) is 1. The molecule has 1 heterocycles. The van der Waals surface area contributed by atoms with Gasteiger partial charge in [-0.05, 0) is 39.2 Å². The Balaban J connectivity index is 2.07. The monoisotopic (exact) mass is 226 g/mol. The van der Waals surface area contributed by atoms with E-state index < -0.39 is 0 Å². The summed E-state index contributed by atoms with van der Waals surface area (Å²) in [6.07, 6.45) is 6.53. The second-order valence-corrected chi connectivity index (χ2v) is 5.25. The first kappa shape index (κ1) is 11.7. The van der Waals surface area contributed by atoms with E-state index in [0.717, 1.165) is 25.7 Å². The number of carbonyl (C=O) groups excluding carboxylic acids is 1. The molecule has 0 radical (unpaired) electrons. The second kappa shape index (κ2) is 4.62. The van der Waals surface area contributed by atoms with Crippen LogP contribution in [-0.4, -0.2) is 35.7 Å². The Morgan fingerprint density at radius 3 is 2.81 bits per heavy atom. The molecule has 0 bridgehead atoms. The van der Waals surface area contributed by atoms with Gasteiger partial charge >= 0.3 is 6.09 Å². The number of hydrogen-bond acceptors (Lipinski definition) is 3. The van der Waals surface area contributed by atoms with Gasteiger partial charge in [0.1, 0.15) is 6.61 Å². The zero-order chi connectivity index (χ0) is 11.6. The zero-order valence-corrected chi connectivity index (χ0v) is 10.1. The van der Waals surface area contributed by atoms with Gasteiger partial charge in [-0.3, -0.25) is 4.90 Å². The predicted octanol–water partition coefficient (Wildman–Crippen LogP) is 1.88. The number of nitrogens with zero attached hydrogens (tertiary/aromatic N) is 1. The molecule has 2 N–H and O–H groups in total. The quantitative estimate of drug-likeness (QED) is 0.796. The third-order valence-corrected chi connectivity index (χ3v) is 3.89. The highest BCUT2D eigenvalue weighted by Gasteiger charge is 2.47. The first-order valence-corrected chi connectivity index (χ1v) is 6.33. The maximum absolute atomic E-state index is 11.8. The number of nitrogens with two attached hydrogens (primary N) is 1. The van der Waals surface area contributed by atoms with Gasteiger partial charge in [0.2, 0.25) is 0 Å². The Morgan fingerprint density at radius 2 is 2.19 bits per heavy atom. The van der Waals surface area contributed by atoms with Crippen LogP contribution in [0.4, 0.5) is 4.79 Å². The second-order valence-electron chi connectivity index (χ2n) is 5.25. The molecule has 16 heavy (non-hydrogen) atoms. The van der Waals surface area contributed by atoms with E-state index in [1.807, 2.05) is 4.90 Å². The molecule has 1 saturated heterocycles. The van der Waals surface area contributed by atoms with Crippen LogP contribution in [0.15, 0.2) is 0 Å². The van der Waals surface area contributed by atoms with Crippen LogP contribution in [0, 0.1) is 0 Å². The molecule has 1 saturated carbocycles. The Kier molecular flexibility index (Phi) is 3.38. The van der Waals surface area contributed by atoms with Crippen molar-refractivity contribution in [1.29, 1.82) is 0 Å². The number of ether oxygens (including phenoxy) is 1. The van der Waals surface area contributed by atoms with Gasteiger partial charge in [-0.1, -0.05) is 12.8 Å². The fraction of sp³-hybridized carbons (Fsp3) is 0.917. The predicted molar refractivity (Wildman–Crippen MR) is 62.1 cm³/mol. The van der Waals surface area contributed by atoms with E-state index in [1.54, 1.807) is 0 Å². The van der Waals surface area contributed by atoms with E-state index in [4.69, 9.17) is 10.5 Å². The molecule has 2 aliphatic rings. The minimum atomic E-state index is -0.120. The summed E-state index contributed by atoms with van der Waals surface area (Å²) < 4.78 is 5.24. The first-order valence-electron chi connectivity index (χ1n) is 6.33. The molecule has 1 unspecified atom stereocenters. The summed E-state index contributed by atoms with van der Waals surface area (Å²) in [5.41, 5.74) is 5.44. The third-order valence-electron chi connectivity index (χ3n) is 3.89. The van der Waals surface area contributed by atoms with Crippen LogP contribution >= 0.6 is 0 Å². The summed E-state index contributed by atoms with van der Waals surface area (Å²) in [4.78, 5) is 13.8. The minimum Gasteiger partial charge on any atom is -0.447 e. The SMILES string of the molecule is CC1(CCCN)COC(=O)N1C1CCCC1. The summed E-state index contributed by atoms with van der Waals surface area (Å²) >= 11 is 0. The van der Waals surface area contributed by atoms with Gasteiger partial charge in [-0.15, -0.1) is 0 Å². The van der Waals surface area contributed by atoms with Crippen molar-refractivity contribution in [2.45, 2.75) is 57.0 Å². The molecule has 1 aliphatic heterocycles. The molecule has 0 spiro atoms. The van der Waals surface area contributed by atoms with Crippen LogP contribution in [0.1, 0.15) is 45.4 Å². The smallest absolute Gasteiger partial charge is 0.410 e. The molecule has 2 fully saturated rings. The van der Waals surface area contributed by atoms with Crippen molar-refractivity contribution in [3.8, 4) is 0 Å². The molecule has 92 valence electrons. The van der Waals surface area contributed by atoms with Crippen molar-refractivity contribution >= 4 is 6.09 Å². The Morgan fingerprint density at radius 1 is 1.50 bits per heavy atom. The van der Waals surface area contributed by atoms with Crippen LogP contribution in [0.2, 0.25) is 0 Å². The lowest BCUT2D eigenvalue weighted by atomic mass is 9.93. The lowest BCUT2D eigenvalue weighted by Crippen LogP contribution is -2.49. The van der Waals surface area contributed by atoms with Crippen molar-refractivity contribution < 1.29 is 9.53 Å². The van der Waals surface area contributed by atoms with Gasteiger partial charge in [0, 0.05) is 6.04 Å². The molecule has 1 aliphatic carbocycles. The van der Waals surface area contributed by atoms with Crippen LogP contribution in [0.3, 0.4) is 0 Å². The molecule has 0 aromatic rings. The van der Waals surface area contributed by atoms with E-state index in [-0.39, 0.29) is 11.6 Å². The van der Waals surface area contributed by atoms with E-state index in [2.05, 4.69) is 6.92 Å². The first-order chi connectivity index (χ1) is 7.67. The fourth-order valence-corrected chi connectivity index (χ4v) is 3.00. The third kappa shape index (κ3) is 2.03. The fourth-order valence-electron chi connectivity index (χ4n) is 3.00. The summed E-state index contributed by atoms with van der Waals surface area (Å²) in [5.74, 6) is 0. The van der Waals surface area contributed by atoms with Crippen molar-refractivity contribution in [2.75, 3.05) is 13.2 Å². The van der Waals surface area contributed by atoms with Gasteiger partial charge < -0.3 is 10.5 Å². The number of cyclic esters (lactones) is 1. The molecule has 2 rings (SSSR count). The molecule has 0 aromatic heterocycles. The highest BCUT2D eigenvalue weighted by atomic mass is 16.6. The maximum Gasteiger partial charge on any atom is 0.410 e. The van der Waals surface area contributed by atoms with Crippen LogP contribution < -0.4 is 5.73 Å². The van der Waals surface area contributed by atoms with Crippen molar-refractivity contribution in [1.82, 2.24) is 4.90 Å². The molecule has 0 aromatic carbocycles. The van der Waals surface area contributed by atoms with E-state index >= 15 is 0 Å². The van der Waals surface area contributed by atoms with Gasteiger partial charge in [0.15, 0.2) is 0 Å². The Labute approximate surface area is 97.1 Å². The van der Waals surface area contributed by atoms with E-state index in [9.17, 15) is 4.79 Å². The van der Waals surface area contributed by atoms with Crippen molar-refractivity contribution in [3.63, 3.8) is 0 Å². The molecule has 1 amide bonds. The molecular formula is C12H22N2O2. The highest BCUT2D eigenvalue weighted by molar-refractivity contribution is 5.71. The topological polar surface area (TPSA) is 55.6 Å². The number of carbonyl (C=O) groups is 1. The van der Waals surface area contributed by atoms with Gasteiger partial charge in [0.05, 0.1) is 5.54 Å². The number of amides is 1. The summed E-state index contributed by atoms with van der Waals surface area (Å²) in [6, 6.07) is 0.401. The standard InChI is InChI=1S/C12H22N2O2/c1-12(7-4-8-13)9-16-11(15)14(12)10-5-2-3-6-10/h10H,2-9,13H2,1H3. The Hall–Kier alpha value is -0.770. The minimum absolute atomic E-state index is 0.119. The largest absolute Gasteiger partial charge is 0.447 e. The average Bonchev–Trinajstić information content (AvgIpc) is 2.85. The van der Waals surface area contributed by atoms with Crippen LogP contribution in [0.25, 0.3) is 0 Å². The highest BCUT2D eigenvalue weighted by Crippen LogP contribution is 2.36. The van der Waals surface area contributed by atoms with E-state index in [0.29, 0.717) is 19.2 Å². The van der Waals surface area contributed by atoms with E-state index in [1.165, 1.54) is 12.8 Å². The molecule has 4 heteroatoms. The normalized spacial score (nSPS) is 31.1. The number of rotatable bonds is 4. The van der Waals surface area contributed by atoms with Crippen molar-refractivity contribution in [2.24, 2.45) is 5.73 Å². The lowest BCUT2D eigenvalue weighted by Gasteiger charge is -2.36. The summed E-state index contributed by atoms with van der Waals surface area (Å²) in [5, 5.41) is 0. The maximum atomic E-state index is 11.8. The van der Waals surface area contributed by atoms with Gasteiger partial charge in [-0.2, -0.15) is 0 Å².